The molecule has 0 bridgehead atoms. The van der Waals surface area contributed by atoms with Crippen LogP contribution in [0.15, 0.2) is 6.07 Å². The summed E-state index contributed by atoms with van der Waals surface area (Å²) in [4.78, 5) is 17.7. The summed E-state index contributed by atoms with van der Waals surface area (Å²) in [6, 6.07) is 2.17. The number of nitrogens with zero attached hydrogens (tertiary/aromatic N) is 1. The summed E-state index contributed by atoms with van der Waals surface area (Å²) in [5, 5.41) is 0. The van der Waals surface area contributed by atoms with E-state index >= 15 is 0 Å². The highest BCUT2D eigenvalue weighted by molar-refractivity contribution is 9.09. The van der Waals surface area contributed by atoms with Gasteiger partial charge in [0.05, 0.1) is 4.88 Å². The average molecular weight is 356 g/mol. The van der Waals surface area contributed by atoms with Crippen LogP contribution in [0.3, 0.4) is 0 Å². The molecule has 1 atom stereocenters. The topological polar surface area (TPSA) is 20.3 Å². The van der Waals surface area contributed by atoms with E-state index in [2.05, 4.69) is 33.8 Å². The molecule has 1 aromatic heterocycles. The highest BCUT2D eigenvalue weighted by Gasteiger charge is 2.27. The van der Waals surface area contributed by atoms with Crippen molar-refractivity contribution in [1.29, 1.82) is 0 Å². The van der Waals surface area contributed by atoms with Crippen LogP contribution in [-0.4, -0.2) is 28.7 Å². The molecule has 0 saturated carbocycles. The Bertz CT molecular complexity index is 465. The number of amides is 1. The molecule has 4 heteroatoms. The van der Waals surface area contributed by atoms with Crippen LogP contribution in [0.4, 0.5) is 0 Å². The van der Waals surface area contributed by atoms with E-state index in [1.807, 2.05) is 0 Å². The predicted octanol–water partition coefficient (Wildman–Crippen LogP) is 4.26. The van der Waals surface area contributed by atoms with Gasteiger partial charge < -0.3 is 4.90 Å². The van der Waals surface area contributed by atoms with Crippen molar-refractivity contribution in [2.24, 2.45) is 5.92 Å². The summed E-state index contributed by atoms with van der Waals surface area (Å²) < 4.78 is 0. The number of carbonyl (C=O) groups is 1. The predicted molar refractivity (Wildman–Crippen MR) is 88.0 cm³/mol. The smallest absolute Gasteiger partial charge is 0.263 e. The maximum atomic E-state index is 12.6. The first-order valence-corrected chi connectivity index (χ1v) is 9.43. The molecular weight excluding hydrogens is 334 g/mol. The van der Waals surface area contributed by atoms with Crippen LogP contribution < -0.4 is 0 Å². The molecular formula is C16H22BrNOS. The van der Waals surface area contributed by atoms with Gasteiger partial charge in [0.1, 0.15) is 0 Å². The normalized spacial score (nSPS) is 21.6. The van der Waals surface area contributed by atoms with Crippen molar-refractivity contribution in [3.05, 3.63) is 21.4 Å². The van der Waals surface area contributed by atoms with Crippen molar-refractivity contribution in [2.45, 2.75) is 50.3 Å². The number of thiophene rings is 1. The molecule has 1 aromatic rings. The number of rotatable bonds is 2. The Hall–Kier alpha value is -0.350. The lowest BCUT2D eigenvalue weighted by atomic mass is 9.94. The Morgan fingerprint density at radius 1 is 1.35 bits per heavy atom. The Labute approximate surface area is 133 Å². The third-order valence-electron chi connectivity index (χ3n) is 4.68. The summed E-state index contributed by atoms with van der Waals surface area (Å²) in [6.45, 7) is 4.06. The van der Waals surface area contributed by atoms with E-state index in [0.717, 1.165) is 36.7 Å². The Kier molecular flexibility index (Phi) is 4.51. The number of hydrogen-bond donors (Lipinski definition) is 0. The zero-order valence-corrected chi connectivity index (χ0v) is 14.4. The summed E-state index contributed by atoms with van der Waals surface area (Å²) in [6.07, 6.45) is 7.17. The van der Waals surface area contributed by atoms with Gasteiger partial charge in [0.25, 0.3) is 5.91 Å². The number of piperidine rings is 1. The van der Waals surface area contributed by atoms with Crippen LogP contribution in [0, 0.1) is 5.92 Å². The molecule has 0 radical (unpaired) electrons. The van der Waals surface area contributed by atoms with E-state index in [-0.39, 0.29) is 5.91 Å². The minimum absolute atomic E-state index is 0.269. The van der Waals surface area contributed by atoms with Crippen LogP contribution in [0.5, 0.6) is 0 Å². The van der Waals surface area contributed by atoms with E-state index in [1.165, 1.54) is 36.1 Å². The lowest BCUT2D eigenvalue weighted by Crippen LogP contribution is -2.39. The van der Waals surface area contributed by atoms with Gasteiger partial charge >= 0.3 is 0 Å². The molecule has 0 spiro atoms. The second kappa shape index (κ2) is 6.18. The van der Waals surface area contributed by atoms with Crippen molar-refractivity contribution in [3.63, 3.8) is 0 Å². The van der Waals surface area contributed by atoms with Crippen LogP contribution in [0.25, 0.3) is 0 Å². The van der Waals surface area contributed by atoms with Crippen molar-refractivity contribution < 1.29 is 4.79 Å². The third kappa shape index (κ3) is 2.96. The second-order valence-electron chi connectivity index (χ2n) is 6.07. The van der Waals surface area contributed by atoms with Crippen molar-refractivity contribution in [2.75, 3.05) is 13.1 Å². The molecule has 2 heterocycles. The second-order valence-corrected chi connectivity index (χ2v) is 8.65. The fourth-order valence-electron chi connectivity index (χ4n) is 3.31. The Morgan fingerprint density at radius 3 is 2.70 bits per heavy atom. The molecule has 0 N–H and O–H groups in total. The van der Waals surface area contributed by atoms with Crippen LogP contribution >= 0.6 is 27.3 Å². The quantitative estimate of drug-likeness (QED) is 0.725. The zero-order valence-electron chi connectivity index (χ0n) is 12.0. The van der Waals surface area contributed by atoms with Gasteiger partial charge in [-0.3, -0.25) is 4.79 Å². The first-order chi connectivity index (χ1) is 9.65. The molecule has 1 aliphatic carbocycles. The maximum Gasteiger partial charge on any atom is 0.263 e. The third-order valence-corrected chi connectivity index (χ3v) is 6.66. The first-order valence-electron chi connectivity index (χ1n) is 7.70. The van der Waals surface area contributed by atoms with E-state index in [4.69, 9.17) is 0 Å². The fourth-order valence-corrected chi connectivity index (χ4v) is 5.06. The SMILES string of the molecule is CC(Br)C1CCN(C(=O)c2cc3c(s2)CCCC3)CC1. The standard InChI is InChI=1S/C16H22BrNOS/c1-11(17)12-6-8-18(9-7-12)16(19)15-10-13-4-2-3-5-14(13)20-15/h10-12H,2-9H2,1H3. The summed E-state index contributed by atoms with van der Waals surface area (Å²) in [5.74, 6) is 0.987. The highest BCUT2D eigenvalue weighted by Crippen LogP contribution is 2.32. The largest absolute Gasteiger partial charge is 0.338 e. The Balaban J connectivity index is 1.66. The minimum atomic E-state index is 0.269. The molecule has 2 nitrogen and oxygen atoms in total. The van der Waals surface area contributed by atoms with Crippen molar-refractivity contribution in [3.8, 4) is 0 Å². The molecule has 0 aromatic carbocycles. The molecule has 3 rings (SSSR count). The van der Waals surface area contributed by atoms with Crippen molar-refractivity contribution in [1.82, 2.24) is 4.90 Å². The molecule has 1 unspecified atom stereocenters. The van der Waals surface area contributed by atoms with Crippen LogP contribution in [0.1, 0.15) is 52.7 Å². The Morgan fingerprint density at radius 2 is 2.05 bits per heavy atom. The number of hydrogen-bond acceptors (Lipinski definition) is 2. The number of fused-ring (bicyclic) bond motifs is 1. The molecule has 1 fully saturated rings. The molecule has 1 aliphatic heterocycles. The van der Waals surface area contributed by atoms with Gasteiger partial charge in [-0.25, -0.2) is 0 Å². The molecule has 20 heavy (non-hydrogen) atoms. The lowest BCUT2D eigenvalue weighted by Gasteiger charge is -2.33. The summed E-state index contributed by atoms with van der Waals surface area (Å²) in [7, 11) is 0. The number of carbonyl (C=O) groups excluding carboxylic acids is 1. The summed E-state index contributed by atoms with van der Waals surface area (Å²) in [5.41, 5.74) is 1.44. The number of likely N-dealkylation sites (tertiary alicyclic amines) is 1. The van der Waals surface area contributed by atoms with Crippen LogP contribution in [0.2, 0.25) is 0 Å². The molecule has 1 amide bonds. The fraction of sp³-hybridized carbons (Fsp3) is 0.688. The van der Waals surface area contributed by atoms with Crippen LogP contribution in [-0.2, 0) is 12.8 Å². The van der Waals surface area contributed by atoms with Gasteiger partial charge in [0, 0.05) is 22.8 Å². The molecule has 110 valence electrons. The lowest BCUT2D eigenvalue weighted by molar-refractivity contribution is 0.0696. The number of halogens is 1. The van der Waals surface area contributed by atoms with E-state index in [1.54, 1.807) is 11.3 Å². The first kappa shape index (κ1) is 14.6. The van der Waals surface area contributed by atoms with Gasteiger partial charge in [0.15, 0.2) is 0 Å². The van der Waals surface area contributed by atoms with Gasteiger partial charge in [-0.15, -0.1) is 11.3 Å². The molecule has 2 aliphatic rings. The van der Waals surface area contributed by atoms with Crippen molar-refractivity contribution >= 4 is 33.2 Å². The van der Waals surface area contributed by atoms with Gasteiger partial charge in [-0.1, -0.05) is 22.9 Å². The summed E-state index contributed by atoms with van der Waals surface area (Å²) >= 11 is 5.42. The van der Waals surface area contributed by atoms with E-state index in [0.29, 0.717) is 4.83 Å². The van der Waals surface area contributed by atoms with E-state index < -0.39 is 0 Å². The monoisotopic (exact) mass is 355 g/mol. The minimum Gasteiger partial charge on any atom is -0.338 e. The molecule has 1 saturated heterocycles. The average Bonchev–Trinajstić information content (AvgIpc) is 2.90. The highest BCUT2D eigenvalue weighted by atomic mass is 79.9. The van der Waals surface area contributed by atoms with E-state index in [9.17, 15) is 4.79 Å². The number of aryl methyl sites for hydroxylation is 2. The van der Waals surface area contributed by atoms with Gasteiger partial charge in [-0.2, -0.15) is 0 Å². The number of alkyl halides is 1. The zero-order chi connectivity index (χ0) is 14.1. The maximum absolute atomic E-state index is 12.6. The van der Waals surface area contributed by atoms with Gasteiger partial charge in [0.2, 0.25) is 0 Å². The van der Waals surface area contributed by atoms with Gasteiger partial charge in [-0.05, 0) is 56.1 Å².